The van der Waals surface area contributed by atoms with E-state index in [-0.39, 0.29) is 13.1 Å². The van der Waals surface area contributed by atoms with Gasteiger partial charge in [-0.2, -0.15) is 13.2 Å². The number of alkyl halides is 3. The van der Waals surface area contributed by atoms with E-state index in [2.05, 4.69) is 5.92 Å². The fourth-order valence-electron chi connectivity index (χ4n) is 2.32. The van der Waals surface area contributed by atoms with Crippen LogP contribution in [0.15, 0.2) is 0 Å². The zero-order valence-corrected chi connectivity index (χ0v) is 11.6. The molecule has 118 valence electrons. The van der Waals surface area contributed by atoms with E-state index in [1.807, 2.05) is 0 Å². The lowest BCUT2D eigenvalue weighted by Crippen LogP contribution is -2.49. The number of rotatable bonds is 4. The summed E-state index contributed by atoms with van der Waals surface area (Å²) in [5.74, 6) is 0.316. The molecule has 0 radical (unpaired) electrons. The second-order valence-corrected chi connectivity index (χ2v) is 4.96. The van der Waals surface area contributed by atoms with Gasteiger partial charge in [0.1, 0.15) is 0 Å². The fourth-order valence-corrected chi connectivity index (χ4v) is 2.32. The molecule has 0 aromatic carbocycles. The Kier molecular flexibility index (Phi) is 5.10. The zero-order chi connectivity index (χ0) is 16.3. The molecule has 1 atom stereocenters. The van der Waals surface area contributed by atoms with Crippen molar-refractivity contribution >= 4 is 12.0 Å². The first-order chi connectivity index (χ1) is 9.69. The van der Waals surface area contributed by atoms with Crippen LogP contribution in [0.2, 0.25) is 0 Å². The summed E-state index contributed by atoms with van der Waals surface area (Å²) in [4.78, 5) is 25.4. The van der Waals surface area contributed by atoms with Gasteiger partial charge in [0.05, 0.1) is 6.54 Å². The quantitative estimate of drug-likeness (QED) is 0.806. The van der Waals surface area contributed by atoms with Crippen LogP contribution in [0.3, 0.4) is 0 Å². The van der Waals surface area contributed by atoms with Gasteiger partial charge in [-0.05, 0) is 12.8 Å². The summed E-state index contributed by atoms with van der Waals surface area (Å²) in [6, 6.07) is -0.651. The highest BCUT2D eigenvalue weighted by Gasteiger charge is 2.64. The van der Waals surface area contributed by atoms with Crippen LogP contribution in [-0.2, 0) is 4.79 Å². The molecule has 0 spiro atoms. The van der Waals surface area contributed by atoms with Crippen LogP contribution in [0.5, 0.6) is 0 Å². The maximum atomic E-state index is 13.0. The van der Waals surface area contributed by atoms with Crippen molar-refractivity contribution in [2.24, 2.45) is 5.41 Å². The Hall–Kier alpha value is -1.91. The number of hydrogen-bond acceptors (Lipinski definition) is 2. The number of hydrogen-bond donors (Lipinski definition) is 1. The molecule has 1 unspecified atom stereocenters. The van der Waals surface area contributed by atoms with Crippen molar-refractivity contribution in [3.63, 3.8) is 0 Å². The number of terminal acetylenes is 1. The molecule has 5 nitrogen and oxygen atoms in total. The lowest BCUT2D eigenvalue weighted by Gasteiger charge is -2.29. The predicted molar refractivity (Wildman–Crippen MR) is 68.4 cm³/mol. The molecule has 0 aromatic rings. The molecule has 1 heterocycles. The topological polar surface area (TPSA) is 60.9 Å². The summed E-state index contributed by atoms with van der Waals surface area (Å²) in [5.41, 5.74) is -2.89. The number of carbonyl (C=O) groups is 2. The van der Waals surface area contributed by atoms with Crippen LogP contribution in [0, 0.1) is 17.8 Å². The molecule has 1 saturated heterocycles. The highest BCUT2D eigenvalue weighted by molar-refractivity contribution is 5.80. The average Bonchev–Trinajstić information content (AvgIpc) is 2.83. The molecule has 21 heavy (non-hydrogen) atoms. The van der Waals surface area contributed by atoms with Crippen molar-refractivity contribution < 1.29 is 27.9 Å². The maximum Gasteiger partial charge on any atom is 0.406 e. The molecule has 1 fully saturated rings. The first-order valence-electron chi connectivity index (χ1n) is 6.47. The second-order valence-electron chi connectivity index (χ2n) is 4.96. The van der Waals surface area contributed by atoms with Crippen molar-refractivity contribution in [3.05, 3.63) is 0 Å². The number of carbonyl (C=O) groups excluding carboxylic acids is 1. The minimum atomic E-state index is -4.91. The van der Waals surface area contributed by atoms with Gasteiger partial charge in [-0.1, -0.05) is 12.8 Å². The second kappa shape index (κ2) is 6.24. The number of likely N-dealkylation sites (tertiary alicyclic amines) is 1. The number of aliphatic carboxylic acids is 1. The predicted octanol–water partition coefficient (Wildman–Crippen LogP) is 1.79. The van der Waals surface area contributed by atoms with Gasteiger partial charge < -0.3 is 14.9 Å². The average molecular weight is 306 g/mol. The summed E-state index contributed by atoms with van der Waals surface area (Å²) >= 11 is 0. The maximum absolute atomic E-state index is 13.0. The monoisotopic (exact) mass is 306 g/mol. The normalized spacial score (nSPS) is 22.0. The Morgan fingerprint density at radius 1 is 1.48 bits per heavy atom. The van der Waals surface area contributed by atoms with E-state index in [0.717, 1.165) is 4.90 Å². The van der Waals surface area contributed by atoms with Gasteiger partial charge in [-0.15, -0.1) is 6.42 Å². The lowest BCUT2D eigenvalue weighted by molar-refractivity contribution is -0.227. The van der Waals surface area contributed by atoms with Crippen LogP contribution in [-0.4, -0.2) is 59.3 Å². The Labute approximate surface area is 120 Å². The van der Waals surface area contributed by atoms with Crippen LogP contribution in [0.4, 0.5) is 18.0 Å². The van der Waals surface area contributed by atoms with Gasteiger partial charge in [0, 0.05) is 19.6 Å². The van der Waals surface area contributed by atoms with Crippen molar-refractivity contribution in [2.45, 2.75) is 25.9 Å². The number of amides is 2. The molecular formula is C13H17F3N2O3. The van der Waals surface area contributed by atoms with E-state index < -0.39 is 36.6 Å². The molecular weight excluding hydrogens is 289 g/mol. The molecule has 1 aliphatic heterocycles. The number of nitrogens with zero attached hydrogens (tertiary/aromatic N) is 2. The van der Waals surface area contributed by atoms with E-state index in [4.69, 9.17) is 11.5 Å². The minimum Gasteiger partial charge on any atom is -0.481 e. The first kappa shape index (κ1) is 17.1. The number of carboxylic acid groups (broad SMARTS) is 1. The van der Waals surface area contributed by atoms with Crippen molar-refractivity contribution in [3.8, 4) is 12.3 Å². The molecule has 0 bridgehead atoms. The third kappa shape index (κ3) is 3.23. The third-order valence-electron chi connectivity index (χ3n) is 3.54. The van der Waals surface area contributed by atoms with Crippen LogP contribution < -0.4 is 0 Å². The molecule has 2 amide bonds. The Morgan fingerprint density at radius 2 is 2.10 bits per heavy atom. The Balaban J connectivity index is 2.92. The Morgan fingerprint density at radius 3 is 2.48 bits per heavy atom. The number of halogens is 3. The minimum absolute atomic E-state index is 0.0186. The van der Waals surface area contributed by atoms with Crippen molar-refractivity contribution in [1.29, 1.82) is 0 Å². The van der Waals surface area contributed by atoms with Crippen molar-refractivity contribution in [2.75, 3.05) is 26.2 Å². The van der Waals surface area contributed by atoms with E-state index in [9.17, 15) is 22.8 Å². The summed E-state index contributed by atoms with van der Waals surface area (Å²) in [7, 11) is 0. The van der Waals surface area contributed by atoms with Gasteiger partial charge in [-0.25, -0.2) is 4.79 Å². The van der Waals surface area contributed by atoms with Gasteiger partial charge in [0.2, 0.25) is 0 Å². The number of carboxylic acids is 1. The molecule has 0 saturated carbocycles. The fraction of sp³-hybridized carbons (Fsp3) is 0.692. The zero-order valence-electron chi connectivity index (χ0n) is 11.6. The smallest absolute Gasteiger partial charge is 0.406 e. The summed E-state index contributed by atoms with van der Waals surface area (Å²) < 4.78 is 39.1. The van der Waals surface area contributed by atoms with Crippen LogP contribution >= 0.6 is 0 Å². The van der Waals surface area contributed by atoms with E-state index in [1.165, 1.54) is 4.90 Å². The van der Waals surface area contributed by atoms with Gasteiger partial charge in [0.15, 0.2) is 5.41 Å². The molecule has 1 N–H and O–H groups in total. The lowest BCUT2D eigenvalue weighted by atomic mass is 9.86. The first-order valence-corrected chi connectivity index (χ1v) is 6.47. The highest BCUT2D eigenvalue weighted by atomic mass is 19.4. The summed E-state index contributed by atoms with van der Waals surface area (Å²) in [6.07, 6.45) is 0.180. The molecule has 1 rings (SSSR count). The highest BCUT2D eigenvalue weighted by Crippen LogP contribution is 2.45. The molecule has 0 aliphatic carbocycles. The van der Waals surface area contributed by atoms with E-state index in [1.54, 1.807) is 6.92 Å². The van der Waals surface area contributed by atoms with E-state index >= 15 is 0 Å². The largest absolute Gasteiger partial charge is 0.481 e. The third-order valence-corrected chi connectivity index (χ3v) is 3.54. The standard InChI is InChI=1S/C13H17F3N2O3/c1-3-6-17(7-4-2)11(21)18-8-5-12(9-18,10(19)20)13(14,15)16/h1H,4-9H2,2H3,(H,19,20). The van der Waals surface area contributed by atoms with Crippen LogP contribution in [0.25, 0.3) is 0 Å². The summed E-state index contributed by atoms with van der Waals surface area (Å²) in [5, 5.41) is 8.94. The van der Waals surface area contributed by atoms with Gasteiger partial charge in [-0.3, -0.25) is 4.79 Å². The van der Waals surface area contributed by atoms with Gasteiger partial charge >= 0.3 is 18.2 Å². The summed E-state index contributed by atoms with van der Waals surface area (Å²) in [6.45, 7) is 0.962. The van der Waals surface area contributed by atoms with Gasteiger partial charge in [0.25, 0.3) is 0 Å². The number of urea groups is 1. The molecule has 8 heteroatoms. The SMILES string of the molecule is C#CCN(CCC)C(=O)N1CCC(C(=O)O)(C(F)(F)F)C1. The van der Waals surface area contributed by atoms with Crippen LogP contribution in [0.1, 0.15) is 19.8 Å². The van der Waals surface area contributed by atoms with Crippen molar-refractivity contribution in [1.82, 2.24) is 9.80 Å². The Bertz CT molecular complexity index is 459. The molecule has 1 aliphatic rings. The molecule has 0 aromatic heterocycles. The van der Waals surface area contributed by atoms with E-state index in [0.29, 0.717) is 13.0 Å².